The predicted octanol–water partition coefficient (Wildman–Crippen LogP) is 6.62. The molecule has 0 aromatic heterocycles. The molecule has 0 fully saturated rings. The van der Waals surface area contributed by atoms with Gasteiger partial charge in [0.15, 0.2) is 0 Å². The lowest BCUT2D eigenvalue weighted by molar-refractivity contribution is 0.591. The lowest BCUT2D eigenvalue weighted by atomic mass is 9.79. The Kier molecular flexibility index (Phi) is 3.96. The van der Waals surface area contributed by atoms with Gasteiger partial charge in [0, 0.05) is 0 Å². The third kappa shape index (κ3) is 3.00. The molecule has 0 aliphatic heterocycles. The minimum atomic E-state index is 0.144. The van der Waals surface area contributed by atoms with E-state index in [4.69, 9.17) is 0 Å². The van der Waals surface area contributed by atoms with Crippen molar-refractivity contribution in [3.8, 4) is 11.1 Å². The second-order valence-corrected chi connectivity index (χ2v) is 8.02. The Bertz CT molecular complexity index is 762. The van der Waals surface area contributed by atoms with Gasteiger partial charge < -0.3 is 0 Å². The molecular formula is C23H28. The van der Waals surface area contributed by atoms with Gasteiger partial charge in [0.2, 0.25) is 0 Å². The van der Waals surface area contributed by atoms with Crippen molar-refractivity contribution in [2.45, 2.75) is 59.8 Å². The van der Waals surface area contributed by atoms with Gasteiger partial charge in [-0.3, -0.25) is 0 Å². The van der Waals surface area contributed by atoms with Crippen LogP contribution in [0.15, 0.2) is 35.9 Å². The minimum absolute atomic E-state index is 0.144. The molecule has 2 aromatic rings. The zero-order valence-electron chi connectivity index (χ0n) is 15.4. The van der Waals surface area contributed by atoms with E-state index in [0.717, 1.165) is 12.8 Å². The molecule has 3 rings (SSSR count). The highest BCUT2D eigenvalue weighted by Crippen LogP contribution is 2.42. The van der Waals surface area contributed by atoms with Crippen molar-refractivity contribution in [3.05, 3.63) is 63.7 Å². The molecule has 0 saturated carbocycles. The third-order valence-corrected chi connectivity index (χ3v) is 4.87. The van der Waals surface area contributed by atoms with Crippen LogP contribution < -0.4 is 0 Å². The molecule has 0 spiro atoms. The Balaban J connectivity index is 2.33. The molecule has 0 saturated heterocycles. The summed E-state index contributed by atoms with van der Waals surface area (Å²) in [4.78, 5) is 0. The van der Waals surface area contributed by atoms with Crippen LogP contribution >= 0.6 is 0 Å². The zero-order chi connectivity index (χ0) is 16.8. The first kappa shape index (κ1) is 16.1. The Morgan fingerprint density at radius 1 is 0.957 bits per heavy atom. The first-order chi connectivity index (χ1) is 10.8. The molecule has 2 aromatic carbocycles. The number of rotatable bonds is 2. The number of benzene rings is 2. The summed E-state index contributed by atoms with van der Waals surface area (Å²) >= 11 is 0. The summed E-state index contributed by atoms with van der Waals surface area (Å²) in [5, 5.41) is 0. The molecule has 23 heavy (non-hydrogen) atoms. The van der Waals surface area contributed by atoms with E-state index >= 15 is 0 Å². The van der Waals surface area contributed by atoms with Gasteiger partial charge >= 0.3 is 0 Å². The van der Waals surface area contributed by atoms with E-state index in [9.17, 15) is 0 Å². The van der Waals surface area contributed by atoms with E-state index in [1.54, 1.807) is 5.57 Å². The van der Waals surface area contributed by atoms with Crippen LogP contribution in [-0.4, -0.2) is 0 Å². The average molecular weight is 304 g/mol. The van der Waals surface area contributed by atoms with Crippen LogP contribution in [-0.2, 0) is 11.8 Å². The number of allylic oxidation sites excluding steroid dienone is 1. The maximum Gasteiger partial charge on any atom is -0.00577 e. The van der Waals surface area contributed by atoms with Gasteiger partial charge in [-0.1, -0.05) is 80.8 Å². The van der Waals surface area contributed by atoms with E-state index in [2.05, 4.69) is 78.0 Å². The smallest absolute Gasteiger partial charge is 0.00577 e. The monoisotopic (exact) mass is 304 g/mol. The van der Waals surface area contributed by atoms with Gasteiger partial charge in [0.1, 0.15) is 0 Å². The molecule has 0 nitrogen and oxygen atoms in total. The van der Waals surface area contributed by atoms with Crippen LogP contribution in [0.5, 0.6) is 0 Å². The Hall–Kier alpha value is -1.82. The van der Waals surface area contributed by atoms with Crippen LogP contribution in [0.4, 0.5) is 0 Å². The molecule has 1 aliphatic carbocycles. The van der Waals surface area contributed by atoms with Crippen molar-refractivity contribution in [1.29, 1.82) is 0 Å². The van der Waals surface area contributed by atoms with Crippen LogP contribution in [0.1, 0.15) is 61.9 Å². The maximum absolute atomic E-state index is 2.44. The summed E-state index contributed by atoms with van der Waals surface area (Å²) < 4.78 is 0. The fourth-order valence-corrected chi connectivity index (χ4v) is 3.76. The largest absolute Gasteiger partial charge is 0.0655 e. The van der Waals surface area contributed by atoms with Crippen molar-refractivity contribution in [2.24, 2.45) is 0 Å². The van der Waals surface area contributed by atoms with Crippen LogP contribution in [0.3, 0.4) is 0 Å². The SMILES string of the molecule is CCC1=Cc2c(ccc(C(C)(C)C)c2-c2cc(C)cc(C)c2)C1. The zero-order valence-corrected chi connectivity index (χ0v) is 15.4. The summed E-state index contributed by atoms with van der Waals surface area (Å²) in [6.45, 7) is 13.6. The summed E-state index contributed by atoms with van der Waals surface area (Å²) in [6.07, 6.45) is 4.71. The van der Waals surface area contributed by atoms with Crippen molar-refractivity contribution in [3.63, 3.8) is 0 Å². The van der Waals surface area contributed by atoms with Gasteiger partial charge in [-0.05, 0) is 59.9 Å². The second-order valence-electron chi connectivity index (χ2n) is 8.02. The molecule has 0 bridgehead atoms. The van der Waals surface area contributed by atoms with E-state index < -0.39 is 0 Å². The van der Waals surface area contributed by atoms with Crippen LogP contribution in [0.25, 0.3) is 17.2 Å². The summed E-state index contributed by atoms with van der Waals surface area (Å²) in [5.74, 6) is 0. The summed E-state index contributed by atoms with van der Waals surface area (Å²) in [6, 6.07) is 11.7. The number of aryl methyl sites for hydroxylation is 2. The summed E-state index contributed by atoms with van der Waals surface area (Å²) in [7, 11) is 0. The van der Waals surface area contributed by atoms with Crippen LogP contribution in [0, 0.1) is 13.8 Å². The van der Waals surface area contributed by atoms with Gasteiger partial charge in [-0.2, -0.15) is 0 Å². The van der Waals surface area contributed by atoms with Crippen molar-refractivity contribution < 1.29 is 0 Å². The van der Waals surface area contributed by atoms with Gasteiger partial charge in [0.05, 0.1) is 0 Å². The van der Waals surface area contributed by atoms with Gasteiger partial charge in [-0.15, -0.1) is 0 Å². The molecule has 0 amide bonds. The second kappa shape index (κ2) is 5.67. The quantitative estimate of drug-likeness (QED) is 0.585. The molecule has 0 unspecified atom stereocenters. The number of fused-ring (bicyclic) bond motifs is 1. The van der Waals surface area contributed by atoms with E-state index in [1.165, 1.54) is 38.9 Å². The van der Waals surface area contributed by atoms with Gasteiger partial charge in [-0.25, -0.2) is 0 Å². The Morgan fingerprint density at radius 2 is 1.61 bits per heavy atom. The predicted molar refractivity (Wildman–Crippen MR) is 102 cm³/mol. The van der Waals surface area contributed by atoms with E-state index in [0.29, 0.717) is 0 Å². The molecule has 1 aliphatic rings. The van der Waals surface area contributed by atoms with Crippen molar-refractivity contribution in [2.75, 3.05) is 0 Å². The molecule has 0 radical (unpaired) electrons. The van der Waals surface area contributed by atoms with Crippen molar-refractivity contribution in [1.82, 2.24) is 0 Å². The normalized spacial score (nSPS) is 13.9. The summed E-state index contributed by atoms with van der Waals surface area (Å²) in [5.41, 5.74) is 11.6. The highest BCUT2D eigenvalue weighted by atomic mass is 14.3. The Labute approximate surface area is 141 Å². The lowest BCUT2D eigenvalue weighted by Gasteiger charge is -2.25. The average Bonchev–Trinajstić information content (AvgIpc) is 2.87. The molecule has 0 N–H and O–H groups in total. The highest BCUT2D eigenvalue weighted by Gasteiger charge is 2.25. The topological polar surface area (TPSA) is 0 Å². The molecule has 120 valence electrons. The maximum atomic E-state index is 2.44. The lowest BCUT2D eigenvalue weighted by Crippen LogP contribution is -2.14. The van der Waals surface area contributed by atoms with Crippen molar-refractivity contribution >= 4 is 6.08 Å². The molecule has 0 atom stereocenters. The molecular weight excluding hydrogens is 276 g/mol. The fourth-order valence-electron chi connectivity index (χ4n) is 3.76. The van der Waals surface area contributed by atoms with Crippen LogP contribution in [0.2, 0.25) is 0 Å². The van der Waals surface area contributed by atoms with E-state index in [1.807, 2.05) is 0 Å². The fraction of sp³-hybridized carbons (Fsp3) is 0.391. The first-order valence-electron chi connectivity index (χ1n) is 8.74. The standard InChI is InChI=1S/C23H28/c1-7-17-13-18-8-9-21(23(4,5)6)22(20(18)14-17)19-11-15(2)10-16(3)12-19/h8-12,14H,7,13H2,1-6H3. The molecule has 0 heterocycles. The number of hydrogen-bond acceptors (Lipinski definition) is 0. The highest BCUT2D eigenvalue weighted by molar-refractivity contribution is 5.84. The van der Waals surface area contributed by atoms with Gasteiger partial charge in [0.25, 0.3) is 0 Å². The molecule has 0 heteroatoms. The Morgan fingerprint density at radius 3 is 2.17 bits per heavy atom. The first-order valence-corrected chi connectivity index (χ1v) is 8.74. The minimum Gasteiger partial charge on any atom is -0.0655 e. The van der Waals surface area contributed by atoms with E-state index in [-0.39, 0.29) is 5.41 Å². The third-order valence-electron chi connectivity index (χ3n) is 4.87. The number of hydrogen-bond donors (Lipinski definition) is 0.